The van der Waals surface area contributed by atoms with E-state index in [4.69, 9.17) is 4.74 Å². The maximum Gasteiger partial charge on any atom is 0.311 e. The van der Waals surface area contributed by atoms with Gasteiger partial charge in [0.25, 0.3) is 0 Å². The zero-order valence-electron chi connectivity index (χ0n) is 19.5. The average molecular weight is 475 g/mol. The van der Waals surface area contributed by atoms with Gasteiger partial charge >= 0.3 is 5.56 Å². The Kier molecular flexibility index (Phi) is 7.38. The van der Waals surface area contributed by atoms with Crippen LogP contribution in [0, 0.1) is 0 Å². The number of rotatable bonds is 8. The molecule has 0 N–H and O–H groups in total. The van der Waals surface area contributed by atoms with Gasteiger partial charge < -0.3 is 9.64 Å². The Balaban J connectivity index is 1.55. The van der Waals surface area contributed by atoms with E-state index < -0.39 is 15.3 Å². The van der Waals surface area contributed by atoms with Gasteiger partial charge in [0, 0.05) is 32.7 Å². The van der Waals surface area contributed by atoms with E-state index in [0.717, 1.165) is 31.2 Å². The lowest BCUT2D eigenvalue weighted by molar-refractivity contribution is 0.204. The number of ether oxygens (including phenoxy) is 1. The summed E-state index contributed by atoms with van der Waals surface area (Å²) in [5.74, 6) is 0.352. The maximum absolute atomic E-state index is 13.4. The maximum atomic E-state index is 13.4. The number of anilines is 1. The second-order valence-corrected chi connectivity index (χ2v) is 11.6. The summed E-state index contributed by atoms with van der Waals surface area (Å²) >= 11 is 0. The minimum absolute atomic E-state index is 0.0454. The number of aromatic nitrogens is 2. The Morgan fingerprint density at radius 2 is 1.73 bits per heavy atom. The topological polar surface area (TPSA) is 84.7 Å². The first-order chi connectivity index (χ1) is 15.9. The van der Waals surface area contributed by atoms with Crippen molar-refractivity contribution >= 4 is 15.7 Å². The first kappa shape index (κ1) is 23.8. The Morgan fingerprint density at radius 1 is 1.06 bits per heavy atom. The van der Waals surface area contributed by atoms with Gasteiger partial charge in [0.2, 0.25) is 15.8 Å². The van der Waals surface area contributed by atoms with Crippen LogP contribution in [0.1, 0.15) is 45.1 Å². The third kappa shape index (κ3) is 5.41. The fourth-order valence-corrected chi connectivity index (χ4v) is 5.76. The van der Waals surface area contributed by atoms with Gasteiger partial charge in [-0.1, -0.05) is 30.3 Å². The van der Waals surface area contributed by atoms with Gasteiger partial charge in [-0.2, -0.15) is 9.40 Å². The number of piperazine rings is 1. The van der Waals surface area contributed by atoms with Gasteiger partial charge in [-0.25, -0.2) is 13.1 Å². The molecular weight excluding hydrogens is 440 g/mol. The summed E-state index contributed by atoms with van der Waals surface area (Å²) in [6, 6.07) is 10.0. The predicted octanol–water partition coefficient (Wildman–Crippen LogP) is 2.67. The fourth-order valence-electron chi connectivity index (χ4n) is 4.49. The van der Waals surface area contributed by atoms with E-state index in [1.165, 1.54) is 4.68 Å². The van der Waals surface area contributed by atoms with Crippen molar-refractivity contribution in [2.45, 2.75) is 63.9 Å². The van der Waals surface area contributed by atoms with Crippen LogP contribution in [-0.2, 0) is 23.0 Å². The van der Waals surface area contributed by atoms with Crippen molar-refractivity contribution in [2.24, 2.45) is 0 Å². The molecule has 0 atom stereocenters. The van der Waals surface area contributed by atoms with Crippen LogP contribution in [0.2, 0.25) is 0 Å². The highest BCUT2D eigenvalue weighted by molar-refractivity contribution is 7.89. The lowest BCUT2D eigenvalue weighted by Gasteiger charge is -2.36. The largest absolute Gasteiger partial charge is 0.483 e. The smallest absolute Gasteiger partial charge is 0.311 e. The molecule has 1 aliphatic heterocycles. The number of hydrogen-bond donors (Lipinski definition) is 0. The molecule has 2 heterocycles. The molecule has 4 rings (SSSR count). The van der Waals surface area contributed by atoms with E-state index in [1.807, 2.05) is 35.2 Å². The highest BCUT2D eigenvalue weighted by atomic mass is 32.2. The standard InChI is InChI=1S/C24H34N4O4S/c1-19(2)33(30,31)27-16-14-26(15-17-27)22-18-25-28(13-12-20-8-4-3-5-9-20)24(29)23(22)32-21-10-6-7-11-21/h3-5,8-9,18-19,21H,6-7,10-17H2,1-2H3. The minimum Gasteiger partial charge on any atom is -0.483 e. The monoisotopic (exact) mass is 474 g/mol. The molecule has 2 aromatic rings. The number of hydrogen-bond acceptors (Lipinski definition) is 6. The van der Waals surface area contributed by atoms with E-state index in [1.54, 1.807) is 24.3 Å². The second kappa shape index (κ2) is 10.3. The van der Waals surface area contributed by atoms with E-state index in [0.29, 0.717) is 50.6 Å². The zero-order valence-corrected chi connectivity index (χ0v) is 20.3. The Hall–Kier alpha value is -2.39. The Bertz CT molecular complexity index is 1090. The normalized spacial score (nSPS) is 18.2. The van der Waals surface area contributed by atoms with E-state index in [-0.39, 0.29) is 11.7 Å². The van der Waals surface area contributed by atoms with Crippen molar-refractivity contribution in [1.82, 2.24) is 14.1 Å². The summed E-state index contributed by atoms with van der Waals surface area (Å²) in [4.78, 5) is 15.4. The van der Waals surface area contributed by atoms with Gasteiger partial charge in [0.05, 0.1) is 17.6 Å². The second-order valence-electron chi connectivity index (χ2n) is 9.13. The van der Waals surface area contributed by atoms with Crippen molar-refractivity contribution < 1.29 is 13.2 Å². The van der Waals surface area contributed by atoms with Crippen LogP contribution in [0.25, 0.3) is 0 Å². The SMILES string of the molecule is CC(C)S(=O)(=O)N1CCN(c2cnn(CCc3ccccc3)c(=O)c2OC2CCCC2)CC1. The molecule has 1 aromatic heterocycles. The van der Waals surface area contributed by atoms with Gasteiger partial charge in [-0.3, -0.25) is 4.79 Å². The van der Waals surface area contributed by atoms with E-state index in [9.17, 15) is 13.2 Å². The summed E-state index contributed by atoms with van der Waals surface area (Å²) in [6.45, 7) is 5.66. The number of benzene rings is 1. The molecular formula is C24H34N4O4S. The van der Waals surface area contributed by atoms with E-state index >= 15 is 0 Å². The van der Waals surface area contributed by atoms with Crippen molar-refractivity contribution in [1.29, 1.82) is 0 Å². The predicted molar refractivity (Wildman–Crippen MR) is 129 cm³/mol. The van der Waals surface area contributed by atoms with Crippen molar-refractivity contribution in [3.63, 3.8) is 0 Å². The minimum atomic E-state index is -3.29. The molecule has 8 nitrogen and oxygen atoms in total. The van der Waals surface area contributed by atoms with Crippen LogP contribution in [0.5, 0.6) is 5.75 Å². The highest BCUT2D eigenvalue weighted by Gasteiger charge is 2.31. The molecule has 0 radical (unpaired) electrons. The van der Waals surface area contributed by atoms with Crippen LogP contribution in [0.4, 0.5) is 5.69 Å². The van der Waals surface area contributed by atoms with Gasteiger partial charge in [0.15, 0.2) is 0 Å². The molecule has 1 aromatic carbocycles. The lowest BCUT2D eigenvalue weighted by Crippen LogP contribution is -2.50. The van der Waals surface area contributed by atoms with Gasteiger partial charge in [-0.05, 0) is 51.5 Å². The molecule has 0 unspecified atom stereocenters. The Morgan fingerprint density at radius 3 is 2.36 bits per heavy atom. The first-order valence-electron chi connectivity index (χ1n) is 11.9. The summed E-state index contributed by atoms with van der Waals surface area (Å²) in [5.41, 5.74) is 1.60. The molecule has 1 aliphatic carbocycles. The molecule has 9 heteroatoms. The fraction of sp³-hybridized carbons (Fsp3) is 0.583. The number of aryl methyl sites for hydroxylation is 2. The first-order valence-corrected chi connectivity index (χ1v) is 13.4. The summed E-state index contributed by atoms with van der Waals surface area (Å²) in [6.07, 6.45) is 6.59. The summed E-state index contributed by atoms with van der Waals surface area (Å²) in [5, 5.41) is 4.01. The van der Waals surface area contributed by atoms with Gasteiger partial charge in [-0.15, -0.1) is 0 Å². The van der Waals surface area contributed by atoms with Crippen LogP contribution >= 0.6 is 0 Å². The van der Waals surface area contributed by atoms with Crippen LogP contribution in [0.15, 0.2) is 41.3 Å². The van der Waals surface area contributed by atoms with Crippen LogP contribution < -0.4 is 15.2 Å². The number of sulfonamides is 1. The average Bonchev–Trinajstić information content (AvgIpc) is 3.33. The molecule has 0 spiro atoms. The quantitative estimate of drug-likeness (QED) is 0.585. The Labute approximate surface area is 196 Å². The molecule has 0 bridgehead atoms. The molecule has 1 saturated heterocycles. The molecule has 180 valence electrons. The molecule has 0 amide bonds. The van der Waals surface area contributed by atoms with Crippen molar-refractivity contribution in [3.05, 3.63) is 52.4 Å². The van der Waals surface area contributed by atoms with Crippen LogP contribution in [0.3, 0.4) is 0 Å². The third-order valence-corrected chi connectivity index (χ3v) is 8.83. The summed E-state index contributed by atoms with van der Waals surface area (Å²) in [7, 11) is -3.29. The van der Waals surface area contributed by atoms with Gasteiger partial charge in [0.1, 0.15) is 5.69 Å². The summed E-state index contributed by atoms with van der Waals surface area (Å²) < 4.78 is 34.4. The molecule has 2 aliphatic rings. The zero-order chi connectivity index (χ0) is 23.4. The van der Waals surface area contributed by atoms with Crippen LogP contribution in [-0.4, -0.2) is 60.0 Å². The number of nitrogens with zero attached hydrogens (tertiary/aromatic N) is 4. The van der Waals surface area contributed by atoms with Crippen molar-refractivity contribution in [3.8, 4) is 5.75 Å². The van der Waals surface area contributed by atoms with E-state index in [2.05, 4.69) is 5.10 Å². The van der Waals surface area contributed by atoms with Crippen molar-refractivity contribution in [2.75, 3.05) is 31.1 Å². The molecule has 33 heavy (non-hydrogen) atoms. The molecule has 1 saturated carbocycles. The highest BCUT2D eigenvalue weighted by Crippen LogP contribution is 2.30. The lowest BCUT2D eigenvalue weighted by atomic mass is 10.1. The molecule has 2 fully saturated rings. The third-order valence-electron chi connectivity index (χ3n) is 6.56.